The molecule has 0 radical (unpaired) electrons. The summed E-state index contributed by atoms with van der Waals surface area (Å²) in [7, 11) is 3.05. The molecule has 1 saturated heterocycles. The van der Waals surface area contributed by atoms with Crippen molar-refractivity contribution < 1.29 is 19.0 Å². The van der Waals surface area contributed by atoms with Gasteiger partial charge in [0.15, 0.2) is 0 Å². The summed E-state index contributed by atoms with van der Waals surface area (Å²) < 4.78 is 16.0. The highest BCUT2D eigenvalue weighted by Crippen LogP contribution is 2.34. The topological polar surface area (TPSA) is 44.8 Å². The number of hydrogen-bond acceptors (Lipinski definition) is 4. The number of ether oxygens (including phenoxy) is 3. The van der Waals surface area contributed by atoms with E-state index in [0.717, 1.165) is 31.3 Å². The minimum Gasteiger partial charge on any atom is -0.489 e. The maximum absolute atomic E-state index is 11.8. The Balaban J connectivity index is 2.95. The molecule has 1 aliphatic rings. The van der Waals surface area contributed by atoms with Gasteiger partial charge >= 0.3 is 5.97 Å². The third-order valence-corrected chi connectivity index (χ3v) is 3.92. The molecule has 0 saturated carbocycles. The summed E-state index contributed by atoms with van der Waals surface area (Å²) in [4.78, 5) is 11.8. The van der Waals surface area contributed by atoms with Crippen LogP contribution < -0.4 is 0 Å². The summed E-state index contributed by atoms with van der Waals surface area (Å²) in [6.07, 6.45) is 5.23. The van der Waals surface area contributed by atoms with Gasteiger partial charge in [-0.25, -0.2) is 4.79 Å². The first-order valence-corrected chi connectivity index (χ1v) is 7.37. The quantitative estimate of drug-likeness (QED) is 0.533. The van der Waals surface area contributed by atoms with Gasteiger partial charge in [-0.3, -0.25) is 0 Å². The molecule has 21 heavy (non-hydrogen) atoms. The van der Waals surface area contributed by atoms with Gasteiger partial charge in [-0.15, -0.1) is 0 Å². The summed E-state index contributed by atoms with van der Waals surface area (Å²) in [5.41, 5.74) is 1.18. The zero-order valence-corrected chi connectivity index (χ0v) is 13.3. The fourth-order valence-corrected chi connectivity index (χ4v) is 2.61. The highest BCUT2D eigenvalue weighted by molar-refractivity contribution is 5.92. The van der Waals surface area contributed by atoms with Crippen molar-refractivity contribution in [3.63, 3.8) is 0 Å². The van der Waals surface area contributed by atoms with E-state index in [4.69, 9.17) is 14.2 Å². The maximum atomic E-state index is 11.8. The largest absolute Gasteiger partial charge is 0.489 e. The first kappa shape index (κ1) is 17.5. The molecule has 1 heterocycles. The molecule has 4 heteroatoms. The molecular formula is C17H26O4. The lowest BCUT2D eigenvalue weighted by Crippen LogP contribution is -2.29. The van der Waals surface area contributed by atoms with Crippen LogP contribution in [0.2, 0.25) is 0 Å². The molecule has 0 bridgehead atoms. The van der Waals surface area contributed by atoms with Crippen LogP contribution in [0.1, 0.15) is 32.6 Å². The Morgan fingerprint density at radius 1 is 1.52 bits per heavy atom. The maximum Gasteiger partial charge on any atom is 0.341 e. The van der Waals surface area contributed by atoms with Gasteiger partial charge in [-0.1, -0.05) is 26.2 Å². The predicted octanol–water partition coefficient (Wildman–Crippen LogP) is 3.40. The van der Waals surface area contributed by atoms with E-state index in [9.17, 15) is 4.79 Å². The van der Waals surface area contributed by atoms with Gasteiger partial charge in [-0.2, -0.15) is 0 Å². The third-order valence-electron chi connectivity index (χ3n) is 3.92. The lowest BCUT2D eigenvalue weighted by atomic mass is 9.88. The molecule has 2 atom stereocenters. The molecule has 0 aromatic rings. The Morgan fingerprint density at radius 3 is 2.76 bits per heavy atom. The standard InChI is InChI=1S/C17H26O4/c1-6-13(10-11-19-4)15-9-8-12(3)16(21-15)14(7-2)17(18)20-5/h7,13,15H,2-3,6,8-11H2,1,4-5H3/b16-14-. The minimum absolute atomic E-state index is 0.0743. The zero-order chi connectivity index (χ0) is 15.8. The van der Waals surface area contributed by atoms with Crippen LogP contribution in [0.4, 0.5) is 0 Å². The lowest BCUT2D eigenvalue weighted by molar-refractivity contribution is -0.136. The van der Waals surface area contributed by atoms with E-state index in [0.29, 0.717) is 23.9 Å². The third kappa shape index (κ3) is 4.46. The van der Waals surface area contributed by atoms with Gasteiger partial charge in [0.25, 0.3) is 0 Å². The fraction of sp³-hybridized carbons (Fsp3) is 0.588. The van der Waals surface area contributed by atoms with E-state index in [-0.39, 0.29) is 6.10 Å². The van der Waals surface area contributed by atoms with E-state index < -0.39 is 5.97 Å². The van der Waals surface area contributed by atoms with E-state index in [1.807, 2.05) is 0 Å². The molecule has 0 spiro atoms. The van der Waals surface area contributed by atoms with Crippen molar-refractivity contribution in [3.8, 4) is 0 Å². The Morgan fingerprint density at radius 2 is 2.24 bits per heavy atom. The van der Waals surface area contributed by atoms with E-state index in [1.54, 1.807) is 7.11 Å². The SMILES string of the molecule is C=C/C(C(=O)OC)=C1/OC(C(CC)CCOC)CCC1=C. The fourth-order valence-electron chi connectivity index (χ4n) is 2.61. The molecule has 0 N–H and O–H groups in total. The van der Waals surface area contributed by atoms with Crippen molar-refractivity contribution in [2.45, 2.75) is 38.7 Å². The smallest absolute Gasteiger partial charge is 0.341 e. The van der Waals surface area contributed by atoms with Gasteiger partial charge in [0.2, 0.25) is 0 Å². The van der Waals surface area contributed by atoms with E-state index in [2.05, 4.69) is 20.1 Å². The minimum atomic E-state index is -0.438. The van der Waals surface area contributed by atoms with E-state index >= 15 is 0 Å². The van der Waals surface area contributed by atoms with Crippen LogP contribution in [0.25, 0.3) is 0 Å². The van der Waals surface area contributed by atoms with Crippen molar-refractivity contribution >= 4 is 5.97 Å². The van der Waals surface area contributed by atoms with Gasteiger partial charge < -0.3 is 14.2 Å². The summed E-state index contributed by atoms with van der Waals surface area (Å²) >= 11 is 0. The van der Waals surface area contributed by atoms with Gasteiger partial charge in [0.1, 0.15) is 17.4 Å². The Bertz CT molecular complexity index is 423. The van der Waals surface area contributed by atoms with Crippen molar-refractivity contribution in [2.24, 2.45) is 5.92 Å². The number of allylic oxidation sites excluding steroid dienone is 1. The van der Waals surface area contributed by atoms with Crippen LogP contribution in [-0.4, -0.2) is 32.9 Å². The van der Waals surface area contributed by atoms with Crippen LogP contribution in [0.5, 0.6) is 0 Å². The summed E-state index contributed by atoms with van der Waals surface area (Å²) in [6, 6.07) is 0. The van der Waals surface area contributed by atoms with Crippen LogP contribution in [-0.2, 0) is 19.0 Å². The predicted molar refractivity (Wildman–Crippen MR) is 82.8 cm³/mol. The number of carbonyl (C=O) groups excluding carboxylic acids is 1. The number of carbonyl (C=O) groups is 1. The summed E-state index contributed by atoms with van der Waals surface area (Å²) in [5.74, 6) is 0.493. The first-order chi connectivity index (χ1) is 10.1. The zero-order valence-electron chi connectivity index (χ0n) is 13.3. The number of rotatable bonds is 7. The van der Waals surface area contributed by atoms with Gasteiger partial charge in [-0.05, 0) is 37.2 Å². The highest BCUT2D eigenvalue weighted by atomic mass is 16.5. The summed E-state index contributed by atoms with van der Waals surface area (Å²) in [6.45, 7) is 10.5. The molecule has 1 fully saturated rings. The van der Waals surface area contributed by atoms with Crippen molar-refractivity contribution in [1.82, 2.24) is 0 Å². The molecule has 118 valence electrons. The van der Waals surface area contributed by atoms with Crippen molar-refractivity contribution in [2.75, 3.05) is 20.8 Å². The highest BCUT2D eigenvalue weighted by Gasteiger charge is 2.30. The lowest BCUT2D eigenvalue weighted by Gasteiger charge is -2.33. The molecule has 0 aromatic heterocycles. The molecule has 0 aliphatic carbocycles. The number of hydrogen-bond donors (Lipinski definition) is 0. The molecule has 2 unspecified atom stereocenters. The average molecular weight is 294 g/mol. The number of esters is 1. The molecule has 1 aliphatic heterocycles. The second-order valence-electron chi connectivity index (χ2n) is 5.19. The Kier molecular flexibility index (Phi) is 7.23. The van der Waals surface area contributed by atoms with Gasteiger partial charge in [0, 0.05) is 13.7 Å². The van der Waals surface area contributed by atoms with Crippen LogP contribution in [0, 0.1) is 5.92 Å². The molecule has 0 aromatic carbocycles. The monoisotopic (exact) mass is 294 g/mol. The second kappa shape index (κ2) is 8.67. The number of methoxy groups -OCH3 is 2. The van der Waals surface area contributed by atoms with Crippen LogP contribution >= 0.6 is 0 Å². The van der Waals surface area contributed by atoms with Crippen LogP contribution in [0.3, 0.4) is 0 Å². The average Bonchev–Trinajstić information content (AvgIpc) is 2.51. The Hall–Kier alpha value is -1.55. The Labute approximate surface area is 127 Å². The van der Waals surface area contributed by atoms with Crippen LogP contribution in [0.15, 0.2) is 36.1 Å². The second-order valence-corrected chi connectivity index (χ2v) is 5.19. The summed E-state index contributed by atoms with van der Waals surface area (Å²) in [5, 5.41) is 0. The first-order valence-electron chi connectivity index (χ1n) is 7.37. The molecule has 0 amide bonds. The van der Waals surface area contributed by atoms with E-state index in [1.165, 1.54) is 13.2 Å². The molecule has 1 rings (SSSR count). The molecule has 4 nitrogen and oxygen atoms in total. The van der Waals surface area contributed by atoms with Gasteiger partial charge in [0.05, 0.1) is 7.11 Å². The molecular weight excluding hydrogens is 268 g/mol. The normalized spacial score (nSPS) is 22.2. The van der Waals surface area contributed by atoms with Crippen molar-refractivity contribution in [1.29, 1.82) is 0 Å². The van der Waals surface area contributed by atoms with Crippen molar-refractivity contribution in [3.05, 3.63) is 36.1 Å².